The van der Waals surface area contributed by atoms with Gasteiger partial charge in [-0.25, -0.2) is 9.59 Å². The summed E-state index contributed by atoms with van der Waals surface area (Å²) in [5, 5.41) is 22.0. The zero-order valence-corrected chi connectivity index (χ0v) is 19.8. The standard InChI is InChI=1S/C24H27ClN2O8/c1-2-34-23(32)19(12-16-6-4-3-5-7-16)26-22(31)20(13-21(29)30)27(15-28)24(33)35-14-17-8-10-18(25)11-9-17/h3-11,19-20,28H,2,12-15H2,1H3,(H,26,31)(H,29,30)/t19-,20-/m0/s1. The molecule has 2 aromatic rings. The predicted octanol–water partition coefficient (Wildman–Crippen LogP) is 2.36. The van der Waals surface area contributed by atoms with Crippen LogP contribution in [-0.2, 0) is 36.9 Å². The van der Waals surface area contributed by atoms with Gasteiger partial charge in [0.25, 0.3) is 0 Å². The molecule has 3 N–H and O–H groups in total. The molecule has 2 rings (SSSR count). The van der Waals surface area contributed by atoms with Gasteiger partial charge in [-0.1, -0.05) is 54.1 Å². The number of aliphatic hydroxyl groups excluding tert-OH is 1. The van der Waals surface area contributed by atoms with Crippen LogP contribution in [0.25, 0.3) is 0 Å². The molecular weight excluding hydrogens is 480 g/mol. The highest BCUT2D eigenvalue weighted by Gasteiger charge is 2.35. The molecule has 2 aromatic carbocycles. The van der Waals surface area contributed by atoms with Crippen LogP contribution >= 0.6 is 11.6 Å². The van der Waals surface area contributed by atoms with Gasteiger partial charge in [-0.2, -0.15) is 0 Å². The highest BCUT2D eigenvalue weighted by atomic mass is 35.5. The van der Waals surface area contributed by atoms with E-state index >= 15 is 0 Å². The highest BCUT2D eigenvalue weighted by molar-refractivity contribution is 6.30. The topological polar surface area (TPSA) is 142 Å². The molecule has 11 heteroatoms. The van der Waals surface area contributed by atoms with E-state index in [1.807, 2.05) is 0 Å². The fourth-order valence-electron chi connectivity index (χ4n) is 3.16. The maximum Gasteiger partial charge on any atom is 0.412 e. The van der Waals surface area contributed by atoms with E-state index in [2.05, 4.69) is 5.32 Å². The number of carboxylic acid groups (broad SMARTS) is 1. The lowest BCUT2D eigenvalue weighted by molar-refractivity contribution is -0.148. The molecule has 0 bridgehead atoms. The molecule has 0 saturated heterocycles. The van der Waals surface area contributed by atoms with Crippen LogP contribution in [0.2, 0.25) is 5.02 Å². The Morgan fingerprint density at radius 2 is 1.66 bits per heavy atom. The second-order valence-electron chi connectivity index (χ2n) is 7.41. The number of amides is 2. The number of ether oxygens (including phenoxy) is 2. The van der Waals surface area contributed by atoms with Gasteiger partial charge < -0.3 is 25.0 Å². The van der Waals surface area contributed by atoms with Gasteiger partial charge in [-0.3, -0.25) is 14.5 Å². The van der Waals surface area contributed by atoms with E-state index in [4.69, 9.17) is 21.1 Å². The van der Waals surface area contributed by atoms with Gasteiger partial charge >= 0.3 is 18.0 Å². The zero-order chi connectivity index (χ0) is 25.8. The van der Waals surface area contributed by atoms with E-state index in [0.717, 1.165) is 5.56 Å². The number of carbonyl (C=O) groups excluding carboxylic acids is 3. The fourth-order valence-corrected chi connectivity index (χ4v) is 3.28. The smallest absolute Gasteiger partial charge is 0.412 e. The van der Waals surface area contributed by atoms with Crippen LogP contribution < -0.4 is 5.32 Å². The van der Waals surface area contributed by atoms with Crippen LogP contribution in [0.3, 0.4) is 0 Å². The third-order valence-electron chi connectivity index (χ3n) is 4.88. The van der Waals surface area contributed by atoms with Gasteiger partial charge in [0, 0.05) is 11.4 Å². The Bertz CT molecular complexity index is 1000. The fraction of sp³-hybridized carbons (Fsp3) is 0.333. The van der Waals surface area contributed by atoms with Crippen LogP contribution in [0.15, 0.2) is 54.6 Å². The molecule has 2 amide bonds. The zero-order valence-electron chi connectivity index (χ0n) is 19.1. The summed E-state index contributed by atoms with van der Waals surface area (Å²) < 4.78 is 10.2. The number of aliphatic hydroxyl groups is 1. The summed E-state index contributed by atoms with van der Waals surface area (Å²) in [5.74, 6) is -3.08. The lowest BCUT2D eigenvalue weighted by Gasteiger charge is -2.29. The molecule has 0 saturated carbocycles. The molecule has 2 atom stereocenters. The number of nitrogens with zero attached hydrogens (tertiary/aromatic N) is 1. The number of hydrogen-bond donors (Lipinski definition) is 3. The van der Waals surface area contributed by atoms with Gasteiger partial charge in [0.05, 0.1) is 13.0 Å². The molecule has 0 aromatic heterocycles. The first-order valence-corrected chi connectivity index (χ1v) is 11.1. The van der Waals surface area contributed by atoms with Crippen molar-refractivity contribution in [3.63, 3.8) is 0 Å². The second kappa shape index (κ2) is 13.9. The van der Waals surface area contributed by atoms with Crippen molar-refractivity contribution in [2.24, 2.45) is 0 Å². The Labute approximate surface area is 207 Å². The Morgan fingerprint density at radius 3 is 2.23 bits per heavy atom. The lowest BCUT2D eigenvalue weighted by Crippen LogP contribution is -2.55. The molecule has 10 nitrogen and oxygen atoms in total. The minimum atomic E-state index is -1.65. The first kappa shape index (κ1) is 27.6. The number of carbonyl (C=O) groups is 4. The Balaban J connectivity index is 2.18. The van der Waals surface area contributed by atoms with Crippen molar-refractivity contribution in [2.75, 3.05) is 13.3 Å². The van der Waals surface area contributed by atoms with Gasteiger partial charge in [0.2, 0.25) is 5.91 Å². The molecular formula is C24H27ClN2O8. The van der Waals surface area contributed by atoms with Crippen LogP contribution in [0.1, 0.15) is 24.5 Å². The molecule has 0 aliphatic heterocycles. The van der Waals surface area contributed by atoms with E-state index in [-0.39, 0.29) is 19.6 Å². The van der Waals surface area contributed by atoms with Crippen molar-refractivity contribution in [3.8, 4) is 0 Å². The van der Waals surface area contributed by atoms with Crippen molar-refractivity contribution in [3.05, 3.63) is 70.7 Å². The van der Waals surface area contributed by atoms with E-state index in [9.17, 15) is 29.4 Å². The molecule has 35 heavy (non-hydrogen) atoms. The Kier molecular flexibility index (Phi) is 11.0. The molecule has 0 unspecified atom stereocenters. The quantitative estimate of drug-likeness (QED) is 0.294. The number of rotatable bonds is 12. The minimum absolute atomic E-state index is 0.0678. The van der Waals surface area contributed by atoms with Gasteiger partial charge in [0.15, 0.2) is 0 Å². The maximum atomic E-state index is 13.0. The van der Waals surface area contributed by atoms with Crippen LogP contribution in [0.5, 0.6) is 0 Å². The minimum Gasteiger partial charge on any atom is -0.481 e. The summed E-state index contributed by atoms with van der Waals surface area (Å²) in [4.78, 5) is 50.1. The summed E-state index contributed by atoms with van der Waals surface area (Å²) in [6.07, 6.45) is -1.87. The number of benzene rings is 2. The molecule has 0 fully saturated rings. The Hall–Kier alpha value is -3.63. The summed E-state index contributed by atoms with van der Waals surface area (Å²) in [7, 11) is 0. The number of halogens is 1. The first-order valence-electron chi connectivity index (χ1n) is 10.8. The van der Waals surface area contributed by atoms with E-state index in [1.54, 1.807) is 61.5 Å². The average molecular weight is 507 g/mol. The van der Waals surface area contributed by atoms with Crippen molar-refractivity contribution in [2.45, 2.75) is 38.5 Å². The largest absolute Gasteiger partial charge is 0.481 e. The molecule has 0 spiro atoms. The van der Waals surface area contributed by atoms with E-state index < -0.39 is 49.2 Å². The normalized spacial score (nSPS) is 12.2. The maximum absolute atomic E-state index is 13.0. The van der Waals surface area contributed by atoms with Crippen LogP contribution in [0, 0.1) is 0 Å². The predicted molar refractivity (Wildman–Crippen MR) is 125 cm³/mol. The number of aliphatic carboxylic acids is 1. The molecule has 188 valence electrons. The van der Waals surface area contributed by atoms with Crippen molar-refractivity contribution < 1.29 is 38.9 Å². The van der Waals surface area contributed by atoms with Crippen molar-refractivity contribution in [1.29, 1.82) is 0 Å². The number of nitrogens with one attached hydrogen (secondary N) is 1. The summed E-state index contributed by atoms with van der Waals surface area (Å²) in [5.41, 5.74) is 1.31. The van der Waals surface area contributed by atoms with Crippen LogP contribution in [0.4, 0.5) is 4.79 Å². The number of esters is 1. The van der Waals surface area contributed by atoms with Gasteiger partial charge in [-0.15, -0.1) is 0 Å². The summed E-state index contributed by atoms with van der Waals surface area (Å²) in [6.45, 7) is 0.482. The molecule has 0 heterocycles. The monoisotopic (exact) mass is 506 g/mol. The molecule has 0 radical (unpaired) electrons. The van der Waals surface area contributed by atoms with Gasteiger partial charge in [0.1, 0.15) is 25.4 Å². The number of hydrogen-bond acceptors (Lipinski definition) is 7. The SMILES string of the molecule is CCOC(=O)[C@H](Cc1ccccc1)NC(=O)[C@H](CC(=O)O)N(CO)C(=O)OCc1ccc(Cl)cc1. The molecule has 0 aliphatic carbocycles. The molecule has 0 aliphatic rings. The lowest BCUT2D eigenvalue weighted by atomic mass is 10.0. The summed E-state index contributed by atoms with van der Waals surface area (Å²) >= 11 is 5.82. The average Bonchev–Trinajstić information content (AvgIpc) is 2.83. The first-order chi connectivity index (χ1) is 16.7. The third kappa shape index (κ3) is 8.91. The van der Waals surface area contributed by atoms with Crippen LogP contribution in [-0.4, -0.2) is 64.5 Å². The van der Waals surface area contributed by atoms with Crippen molar-refractivity contribution >= 4 is 35.5 Å². The van der Waals surface area contributed by atoms with Crippen molar-refractivity contribution in [1.82, 2.24) is 10.2 Å². The number of carboxylic acids is 1. The highest BCUT2D eigenvalue weighted by Crippen LogP contribution is 2.13. The Morgan fingerprint density at radius 1 is 1.00 bits per heavy atom. The van der Waals surface area contributed by atoms with Gasteiger partial charge in [-0.05, 0) is 30.2 Å². The van der Waals surface area contributed by atoms with E-state index in [1.165, 1.54) is 0 Å². The second-order valence-corrected chi connectivity index (χ2v) is 7.85. The summed E-state index contributed by atoms with van der Waals surface area (Å²) in [6, 6.07) is 12.4. The third-order valence-corrected chi connectivity index (χ3v) is 5.13. The van der Waals surface area contributed by atoms with E-state index in [0.29, 0.717) is 15.5 Å².